The summed E-state index contributed by atoms with van der Waals surface area (Å²) in [6.07, 6.45) is 8.23. The molecule has 0 spiro atoms. The highest BCUT2D eigenvalue weighted by atomic mass is 16.5. The summed E-state index contributed by atoms with van der Waals surface area (Å²) in [6, 6.07) is 1.87. The summed E-state index contributed by atoms with van der Waals surface area (Å²) in [4.78, 5) is 30.5. The van der Waals surface area contributed by atoms with Crippen LogP contribution in [-0.2, 0) is 16.0 Å². The predicted molar refractivity (Wildman–Crippen MR) is 127 cm³/mol. The van der Waals surface area contributed by atoms with Crippen molar-refractivity contribution in [1.29, 1.82) is 0 Å². The van der Waals surface area contributed by atoms with Crippen molar-refractivity contribution in [2.24, 2.45) is 5.92 Å². The smallest absolute Gasteiger partial charge is 0.315 e. The van der Waals surface area contributed by atoms with Gasteiger partial charge in [-0.1, -0.05) is 6.58 Å². The van der Waals surface area contributed by atoms with Gasteiger partial charge in [0.2, 0.25) is 5.91 Å². The standard InChI is InChI=1S/C25H31N5O4/c1-14(33-19-8-11-26-24-17(19)5-7-20(31)28-24)4-6-18-15(2)21-22(23(21)34-18)29-25(32)27-16-9-12-30(3)13-10-16/h4,6,8,11,16,21-23H,2,5,7,9-10,12-13H2,1,3H3,(H,26,28,31)(H2,27,29,32)/b14-4+,18-6+/t21-,22-,23-/m0/s1. The molecule has 3 fully saturated rings. The van der Waals surface area contributed by atoms with Crippen molar-refractivity contribution in [3.8, 4) is 5.75 Å². The molecule has 9 nitrogen and oxygen atoms in total. The molecular formula is C25H31N5O4. The van der Waals surface area contributed by atoms with Crippen molar-refractivity contribution < 1.29 is 19.1 Å². The fourth-order valence-corrected chi connectivity index (χ4v) is 4.83. The number of aromatic nitrogens is 1. The van der Waals surface area contributed by atoms with Gasteiger partial charge < -0.3 is 30.3 Å². The highest BCUT2D eigenvalue weighted by molar-refractivity contribution is 5.93. The van der Waals surface area contributed by atoms with Crippen molar-refractivity contribution in [2.45, 2.75) is 50.8 Å². The SMILES string of the molecule is C=C1/C(=C\C=C(/C)Oc2ccnc3c2CCC(=O)N3)O[C@@H]2[C@@H](NC(=O)NC3CCN(C)CC3)[C@H]12. The zero-order chi connectivity index (χ0) is 23.8. The third kappa shape index (κ3) is 4.65. The summed E-state index contributed by atoms with van der Waals surface area (Å²) < 4.78 is 12.0. The number of rotatable bonds is 5. The monoisotopic (exact) mass is 465 g/mol. The van der Waals surface area contributed by atoms with Crippen molar-refractivity contribution in [2.75, 3.05) is 25.5 Å². The number of carbonyl (C=O) groups is 2. The molecule has 3 N–H and O–H groups in total. The maximum absolute atomic E-state index is 12.4. The van der Waals surface area contributed by atoms with Crippen molar-refractivity contribution in [1.82, 2.24) is 20.5 Å². The second-order valence-corrected chi connectivity index (χ2v) is 9.45. The van der Waals surface area contributed by atoms with Crippen LogP contribution in [0.25, 0.3) is 0 Å². The molecule has 34 heavy (non-hydrogen) atoms. The Balaban J connectivity index is 1.13. The topological polar surface area (TPSA) is 105 Å². The van der Waals surface area contributed by atoms with Crippen LogP contribution in [0.4, 0.5) is 10.6 Å². The maximum Gasteiger partial charge on any atom is 0.315 e. The molecule has 0 unspecified atom stereocenters. The van der Waals surface area contributed by atoms with Gasteiger partial charge in [0.1, 0.15) is 29.2 Å². The lowest BCUT2D eigenvalue weighted by Gasteiger charge is -2.29. The van der Waals surface area contributed by atoms with Gasteiger partial charge >= 0.3 is 6.03 Å². The summed E-state index contributed by atoms with van der Waals surface area (Å²) in [5, 5.41) is 8.90. The summed E-state index contributed by atoms with van der Waals surface area (Å²) >= 11 is 0. The van der Waals surface area contributed by atoms with Crippen molar-refractivity contribution in [3.05, 3.63) is 53.6 Å². The van der Waals surface area contributed by atoms with Gasteiger partial charge in [0.25, 0.3) is 0 Å². The van der Waals surface area contributed by atoms with Crippen LogP contribution in [0.2, 0.25) is 0 Å². The number of nitrogens with zero attached hydrogens (tertiary/aromatic N) is 2. The average Bonchev–Trinajstić information content (AvgIpc) is 3.36. The molecule has 3 aliphatic heterocycles. The van der Waals surface area contributed by atoms with E-state index >= 15 is 0 Å². The maximum atomic E-state index is 12.4. The number of urea groups is 1. The van der Waals surface area contributed by atoms with Crippen LogP contribution in [0.15, 0.2) is 48.1 Å². The molecule has 0 bridgehead atoms. The Morgan fingerprint density at radius 1 is 1.32 bits per heavy atom. The molecule has 1 aliphatic carbocycles. The van der Waals surface area contributed by atoms with E-state index in [4.69, 9.17) is 9.47 Å². The quantitative estimate of drug-likeness (QED) is 0.577. The van der Waals surface area contributed by atoms with Gasteiger partial charge in [0.15, 0.2) is 0 Å². The van der Waals surface area contributed by atoms with Crippen LogP contribution in [0.5, 0.6) is 5.75 Å². The van der Waals surface area contributed by atoms with Gasteiger partial charge in [-0.25, -0.2) is 9.78 Å². The number of pyridine rings is 1. The number of hydrogen-bond acceptors (Lipinski definition) is 6. The van der Waals surface area contributed by atoms with E-state index < -0.39 is 0 Å². The molecule has 4 heterocycles. The lowest BCUT2D eigenvalue weighted by atomic mass is 10.1. The van der Waals surface area contributed by atoms with E-state index in [9.17, 15) is 9.59 Å². The number of piperidine rings is 1. The molecule has 180 valence electrons. The molecule has 9 heteroatoms. The Kier molecular flexibility index (Phi) is 6.03. The summed E-state index contributed by atoms with van der Waals surface area (Å²) in [6.45, 7) is 8.05. The Bertz CT molecular complexity index is 1070. The number of anilines is 1. The number of carbonyl (C=O) groups excluding carboxylic acids is 2. The third-order valence-corrected chi connectivity index (χ3v) is 6.90. The summed E-state index contributed by atoms with van der Waals surface area (Å²) in [7, 11) is 2.10. The van der Waals surface area contributed by atoms with Crippen LogP contribution in [0.3, 0.4) is 0 Å². The van der Waals surface area contributed by atoms with Crippen LogP contribution in [0.1, 0.15) is 31.7 Å². The first-order valence-corrected chi connectivity index (χ1v) is 11.8. The van der Waals surface area contributed by atoms with E-state index in [0.717, 1.165) is 42.8 Å². The number of likely N-dealkylation sites (tertiary alicyclic amines) is 1. The second-order valence-electron chi connectivity index (χ2n) is 9.45. The van der Waals surface area contributed by atoms with E-state index in [1.54, 1.807) is 12.3 Å². The number of fused-ring (bicyclic) bond motifs is 2. The highest BCUT2D eigenvalue weighted by Gasteiger charge is 2.60. The fraction of sp³-hybridized carbons (Fsp3) is 0.480. The Morgan fingerprint density at radius 2 is 2.12 bits per heavy atom. The Morgan fingerprint density at radius 3 is 2.85 bits per heavy atom. The molecule has 1 aromatic heterocycles. The van der Waals surface area contributed by atoms with Crippen molar-refractivity contribution in [3.63, 3.8) is 0 Å². The average molecular weight is 466 g/mol. The van der Waals surface area contributed by atoms with E-state index in [1.807, 2.05) is 19.1 Å². The van der Waals surface area contributed by atoms with Gasteiger partial charge in [-0.05, 0) is 70.1 Å². The predicted octanol–water partition coefficient (Wildman–Crippen LogP) is 2.48. The van der Waals surface area contributed by atoms with Crippen molar-refractivity contribution >= 4 is 17.8 Å². The molecular weight excluding hydrogens is 434 g/mol. The third-order valence-electron chi connectivity index (χ3n) is 6.90. The van der Waals surface area contributed by atoms with Crippen LogP contribution >= 0.6 is 0 Å². The van der Waals surface area contributed by atoms with Gasteiger partial charge in [-0.2, -0.15) is 0 Å². The first-order chi connectivity index (χ1) is 16.4. The first-order valence-electron chi connectivity index (χ1n) is 11.8. The summed E-state index contributed by atoms with van der Waals surface area (Å²) in [5.41, 5.74) is 1.79. The number of amides is 3. The van der Waals surface area contributed by atoms with E-state index in [-0.39, 0.29) is 36.0 Å². The molecule has 3 amide bonds. The Hall–Kier alpha value is -3.33. The van der Waals surface area contributed by atoms with Gasteiger partial charge in [-0.15, -0.1) is 0 Å². The molecule has 0 radical (unpaired) electrons. The van der Waals surface area contributed by atoms with E-state index in [0.29, 0.717) is 30.2 Å². The molecule has 1 aromatic rings. The second kappa shape index (κ2) is 9.13. The zero-order valence-corrected chi connectivity index (χ0v) is 19.6. The molecule has 2 saturated heterocycles. The van der Waals surface area contributed by atoms with Crippen LogP contribution < -0.4 is 20.7 Å². The Labute approximate surface area is 199 Å². The first kappa shape index (κ1) is 22.5. The molecule has 0 aromatic carbocycles. The van der Waals surface area contributed by atoms with Gasteiger partial charge in [-0.3, -0.25) is 4.79 Å². The fourth-order valence-electron chi connectivity index (χ4n) is 4.83. The highest BCUT2D eigenvalue weighted by Crippen LogP contribution is 2.50. The molecule has 1 saturated carbocycles. The number of hydrogen-bond donors (Lipinski definition) is 3. The van der Waals surface area contributed by atoms with E-state index in [1.165, 1.54) is 0 Å². The van der Waals surface area contributed by atoms with E-state index in [2.05, 4.69) is 39.5 Å². The van der Waals surface area contributed by atoms with Crippen LogP contribution in [0, 0.1) is 5.92 Å². The minimum atomic E-state index is -0.128. The normalized spacial score (nSPS) is 28.0. The number of nitrogens with one attached hydrogen (secondary N) is 3. The van der Waals surface area contributed by atoms with Gasteiger partial charge in [0.05, 0.1) is 12.0 Å². The largest absolute Gasteiger partial charge is 0.487 e. The zero-order valence-electron chi connectivity index (χ0n) is 19.6. The minimum absolute atomic E-state index is 0.0308. The van der Waals surface area contributed by atoms with Crippen LogP contribution in [-0.4, -0.2) is 60.1 Å². The number of allylic oxidation sites excluding steroid dienone is 4. The minimum Gasteiger partial charge on any atom is -0.487 e. The van der Waals surface area contributed by atoms with Gasteiger partial charge in [0, 0.05) is 24.2 Å². The lowest BCUT2D eigenvalue weighted by Crippen LogP contribution is -2.48. The number of ether oxygens (including phenoxy) is 2. The lowest BCUT2D eigenvalue weighted by molar-refractivity contribution is -0.116. The molecule has 5 rings (SSSR count). The molecule has 4 aliphatic rings. The molecule has 3 atom stereocenters. The summed E-state index contributed by atoms with van der Waals surface area (Å²) in [5.74, 6) is 2.73.